The van der Waals surface area contributed by atoms with Crippen LogP contribution in [-0.2, 0) is 28.6 Å². The summed E-state index contributed by atoms with van der Waals surface area (Å²) in [5.74, 6) is -0.933. The van der Waals surface area contributed by atoms with Crippen LogP contribution in [0.2, 0.25) is 0 Å². The molecule has 37 heavy (non-hydrogen) atoms. The molecule has 0 saturated carbocycles. The first-order valence-corrected chi connectivity index (χ1v) is 14.0. The summed E-state index contributed by atoms with van der Waals surface area (Å²) in [5.41, 5.74) is -2.40. The first-order valence-electron chi connectivity index (χ1n) is 14.0. The minimum absolute atomic E-state index is 0.0758. The Labute approximate surface area is 223 Å². The molecule has 9 nitrogen and oxygen atoms in total. The highest BCUT2D eigenvalue weighted by molar-refractivity contribution is 5.73. The van der Waals surface area contributed by atoms with Crippen molar-refractivity contribution < 1.29 is 38.8 Å². The van der Waals surface area contributed by atoms with Crippen LogP contribution < -0.4 is 0 Å². The highest BCUT2D eigenvalue weighted by Gasteiger charge is 2.49. The molecule has 0 aliphatic carbocycles. The molecule has 0 spiro atoms. The lowest BCUT2D eigenvalue weighted by atomic mass is 9.80. The molecule has 0 aromatic carbocycles. The summed E-state index contributed by atoms with van der Waals surface area (Å²) >= 11 is 0. The molecule has 0 aromatic heterocycles. The van der Waals surface area contributed by atoms with Gasteiger partial charge in [0.05, 0.1) is 29.8 Å². The second kappa shape index (κ2) is 11.7. The molecule has 8 unspecified atom stereocenters. The van der Waals surface area contributed by atoms with Crippen molar-refractivity contribution in [3.05, 3.63) is 0 Å². The predicted octanol–water partition coefficient (Wildman–Crippen LogP) is 3.44. The standard InChI is InChI=1S/C28H51NO8/c1-10-22-28(8)13-19(4)29(37-28)15-17(2)11-26(6,32)12-18(3)24(20(5)25(31)35-22)36-23-14-27(7,33-9)21(30)16-34-23/h17-24,30,32H,10-16H2,1-9H3/t17-,18?,19?,20?,21?,22-,23?,24?,26?,27-,28+/m1/s1. The minimum atomic E-state index is -0.961. The van der Waals surface area contributed by atoms with E-state index in [0.717, 1.165) is 6.42 Å². The summed E-state index contributed by atoms with van der Waals surface area (Å²) in [5, 5.41) is 23.8. The molecule has 3 heterocycles. The van der Waals surface area contributed by atoms with Gasteiger partial charge in [-0.2, -0.15) is 5.06 Å². The molecule has 0 amide bonds. The van der Waals surface area contributed by atoms with Gasteiger partial charge >= 0.3 is 5.97 Å². The number of carbonyl (C=O) groups excluding carboxylic acids is 1. The Morgan fingerprint density at radius 2 is 1.76 bits per heavy atom. The predicted molar refractivity (Wildman–Crippen MR) is 138 cm³/mol. The molecule has 12 atom stereocenters. The molecule has 3 aliphatic heterocycles. The van der Waals surface area contributed by atoms with Crippen molar-refractivity contribution in [2.45, 2.75) is 135 Å². The molecular weight excluding hydrogens is 478 g/mol. The maximum absolute atomic E-state index is 13.6. The summed E-state index contributed by atoms with van der Waals surface area (Å²) in [6.45, 7) is 16.6. The summed E-state index contributed by atoms with van der Waals surface area (Å²) < 4.78 is 24.0. The van der Waals surface area contributed by atoms with Crippen LogP contribution in [0.3, 0.4) is 0 Å². The summed E-state index contributed by atoms with van der Waals surface area (Å²) in [6.07, 6.45) is 0.346. The Hall–Kier alpha value is -0.810. The van der Waals surface area contributed by atoms with Crippen molar-refractivity contribution >= 4 is 5.97 Å². The molecule has 9 heteroatoms. The van der Waals surface area contributed by atoms with Crippen molar-refractivity contribution in [3.63, 3.8) is 0 Å². The van der Waals surface area contributed by atoms with Crippen LogP contribution in [-0.4, -0.2) is 89.0 Å². The molecule has 0 radical (unpaired) electrons. The van der Waals surface area contributed by atoms with Crippen LogP contribution in [0.15, 0.2) is 0 Å². The first-order chi connectivity index (χ1) is 17.1. The molecule has 2 N–H and O–H groups in total. The van der Waals surface area contributed by atoms with Crippen LogP contribution in [0, 0.1) is 17.8 Å². The average Bonchev–Trinajstić information content (AvgIpc) is 3.09. The number of cyclic esters (lactones) is 1. The zero-order chi connectivity index (χ0) is 27.8. The van der Waals surface area contributed by atoms with Gasteiger partial charge < -0.3 is 29.2 Å². The Bertz CT molecular complexity index is 779. The molecule has 3 fully saturated rings. The zero-order valence-electron chi connectivity index (χ0n) is 24.4. The van der Waals surface area contributed by atoms with Gasteiger partial charge in [-0.25, -0.2) is 0 Å². The molecule has 0 aromatic rings. The van der Waals surface area contributed by atoms with Gasteiger partial charge in [0, 0.05) is 26.1 Å². The van der Waals surface area contributed by atoms with Gasteiger partial charge in [0.1, 0.15) is 17.8 Å². The Morgan fingerprint density at radius 3 is 2.38 bits per heavy atom. The SMILES string of the molecule is CC[C@H]1OC(=O)C(C)C(OC2C[C@@](C)(OC)C(O)CO2)C(C)CC(C)(O)C[C@@H](C)CN2O[C@@]1(C)CC2C. The molecular formula is C28H51NO8. The summed E-state index contributed by atoms with van der Waals surface area (Å²) in [6, 6.07) is 0.177. The lowest BCUT2D eigenvalue weighted by Crippen LogP contribution is -2.54. The van der Waals surface area contributed by atoms with Gasteiger partial charge in [0.25, 0.3) is 0 Å². The van der Waals surface area contributed by atoms with Crippen LogP contribution in [0.1, 0.15) is 87.5 Å². The largest absolute Gasteiger partial charge is 0.459 e. The van der Waals surface area contributed by atoms with Crippen molar-refractivity contribution in [2.24, 2.45) is 17.8 Å². The average molecular weight is 530 g/mol. The fourth-order valence-electron chi connectivity index (χ4n) is 6.66. The molecule has 3 rings (SSSR count). The van der Waals surface area contributed by atoms with E-state index in [1.54, 1.807) is 7.11 Å². The van der Waals surface area contributed by atoms with E-state index < -0.39 is 47.3 Å². The van der Waals surface area contributed by atoms with E-state index in [-0.39, 0.29) is 30.5 Å². The molecule has 3 saturated heterocycles. The Morgan fingerprint density at radius 1 is 1.08 bits per heavy atom. The summed E-state index contributed by atoms with van der Waals surface area (Å²) in [7, 11) is 1.56. The number of nitrogens with zero attached hydrogens (tertiary/aromatic N) is 1. The number of aliphatic hydroxyl groups is 2. The number of hydroxylamine groups is 2. The summed E-state index contributed by atoms with van der Waals surface area (Å²) in [4.78, 5) is 20.0. The van der Waals surface area contributed by atoms with E-state index in [1.807, 2.05) is 46.6 Å². The number of esters is 1. The Kier molecular flexibility index (Phi) is 9.75. The van der Waals surface area contributed by atoms with Crippen molar-refractivity contribution in [2.75, 3.05) is 20.3 Å². The van der Waals surface area contributed by atoms with Gasteiger partial charge in [-0.05, 0) is 72.1 Å². The monoisotopic (exact) mass is 529 g/mol. The van der Waals surface area contributed by atoms with Gasteiger partial charge in [-0.3, -0.25) is 9.63 Å². The van der Waals surface area contributed by atoms with Crippen LogP contribution in [0.25, 0.3) is 0 Å². The van der Waals surface area contributed by atoms with E-state index >= 15 is 0 Å². The number of ether oxygens (including phenoxy) is 4. The fourth-order valence-corrected chi connectivity index (χ4v) is 6.66. The van der Waals surface area contributed by atoms with Crippen LogP contribution in [0.5, 0.6) is 0 Å². The second-order valence-electron chi connectivity index (χ2n) is 12.8. The van der Waals surface area contributed by atoms with Gasteiger partial charge in [-0.1, -0.05) is 20.8 Å². The normalized spacial score (nSPS) is 50.4. The van der Waals surface area contributed by atoms with Crippen LogP contribution in [0.4, 0.5) is 0 Å². The highest BCUT2D eigenvalue weighted by Crippen LogP contribution is 2.40. The molecule has 2 bridgehead atoms. The lowest BCUT2D eigenvalue weighted by molar-refractivity contribution is -0.275. The third-order valence-corrected chi connectivity index (χ3v) is 8.79. The number of rotatable bonds is 4. The maximum Gasteiger partial charge on any atom is 0.311 e. The van der Waals surface area contributed by atoms with Gasteiger partial charge in [0.2, 0.25) is 0 Å². The number of hydrogen-bond donors (Lipinski definition) is 2. The fraction of sp³-hybridized carbons (Fsp3) is 0.964. The topological polar surface area (TPSA) is 107 Å². The molecule has 216 valence electrons. The number of fused-ring (bicyclic) bond motifs is 2. The van der Waals surface area contributed by atoms with E-state index in [2.05, 4.69) is 13.8 Å². The van der Waals surface area contributed by atoms with Crippen molar-refractivity contribution in [3.8, 4) is 0 Å². The smallest absolute Gasteiger partial charge is 0.311 e. The van der Waals surface area contributed by atoms with Gasteiger partial charge in [-0.15, -0.1) is 0 Å². The second-order valence-corrected chi connectivity index (χ2v) is 12.8. The van der Waals surface area contributed by atoms with E-state index in [9.17, 15) is 15.0 Å². The number of hydrogen-bond acceptors (Lipinski definition) is 9. The van der Waals surface area contributed by atoms with Gasteiger partial charge in [0.15, 0.2) is 6.29 Å². The third kappa shape index (κ3) is 7.04. The quantitative estimate of drug-likeness (QED) is 0.530. The number of carbonyl (C=O) groups is 1. The first kappa shape index (κ1) is 30.7. The molecule has 3 aliphatic rings. The zero-order valence-corrected chi connectivity index (χ0v) is 24.4. The highest BCUT2D eigenvalue weighted by atomic mass is 16.7. The number of methoxy groups -OCH3 is 1. The third-order valence-electron chi connectivity index (χ3n) is 8.79. The maximum atomic E-state index is 13.6. The van der Waals surface area contributed by atoms with Crippen molar-refractivity contribution in [1.82, 2.24) is 5.06 Å². The number of aliphatic hydroxyl groups excluding tert-OH is 1. The van der Waals surface area contributed by atoms with E-state index in [0.29, 0.717) is 32.2 Å². The lowest BCUT2D eigenvalue weighted by Gasteiger charge is -2.43. The van der Waals surface area contributed by atoms with E-state index in [1.165, 1.54) is 0 Å². The van der Waals surface area contributed by atoms with Crippen molar-refractivity contribution in [1.29, 1.82) is 0 Å². The van der Waals surface area contributed by atoms with Crippen LogP contribution >= 0.6 is 0 Å². The minimum Gasteiger partial charge on any atom is -0.459 e. The van der Waals surface area contributed by atoms with E-state index in [4.69, 9.17) is 23.8 Å². The Balaban J connectivity index is 1.89.